The van der Waals surface area contributed by atoms with Crippen molar-refractivity contribution in [1.82, 2.24) is 15.0 Å². The quantitative estimate of drug-likeness (QED) is 0.522. The Morgan fingerprint density at radius 1 is 1.13 bits per heavy atom. The van der Waals surface area contributed by atoms with Gasteiger partial charge in [0, 0.05) is 12.5 Å². The summed E-state index contributed by atoms with van der Waals surface area (Å²) in [5, 5.41) is 3.98. The molecule has 0 saturated carbocycles. The number of nitrogens with zero attached hydrogens (tertiary/aromatic N) is 3. The molecule has 0 spiro atoms. The van der Waals surface area contributed by atoms with E-state index in [-0.39, 0.29) is 12.5 Å². The van der Waals surface area contributed by atoms with Gasteiger partial charge in [0.2, 0.25) is 5.89 Å². The van der Waals surface area contributed by atoms with Gasteiger partial charge < -0.3 is 9.26 Å². The second-order valence-electron chi connectivity index (χ2n) is 7.74. The monoisotopic (exact) mass is 431 g/mol. The third-order valence-corrected chi connectivity index (χ3v) is 5.56. The minimum absolute atomic E-state index is 0.187. The Labute approximate surface area is 178 Å². The van der Waals surface area contributed by atoms with Gasteiger partial charge in [0.05, 0.1) is 19.2 Å². The van der Waals surface area contributed by atoms with Gasteiger partial charge in [-0.3, -0.25) is 4.90 Å². The molecule has 8 heteroatoms. The molecule has 31 heavy (non-hydrogen) atoms. The number of rotatable bonds is 6. The van der Waals surface area contributed by atoms with Crippen LogP contribution < -0.4 is 4.74 Å². The summed E-state index contributed by atoms with van der Waals surface area (Å²) < 4.78 is 49.6. The van der Waals surface area contributed by atoms with E-state index in [1.54, 1.807) is 13.2 Å². The topological polar surface area (TPSA) is 51.4 Å². The minimum Gasteiger partial charge on any atom is -0.497 e. The van der Waals surface area contributed by atoms with Gasteiger partial charge in [-0.05, 0) is 48.7 Å². The zero-order chi connectivity index (χ0) is 21.8. The predicted molar refractivity (Wildman–Crippen MR) is 109 cm³/mol. The van der Waals surface area contributed by atoms with E-state index >= 15 is 0 Å². The second kappa shape index (κ2) is 9.09. The van der Waals surface area contributed by atoms with Gasteiger partial charge in [-0.2, -0.15) is 18.2 Å². The maximum Gasteiger partial charge on any atom is 0.416 e. The molecule has 2 heterocycles. The van der Waals surface area contributed by atoms with Crippen molar-refractivity contribution < 1.29 is 22.4 Å². The highest BCUT2D eigenvalue weighted by molar-refractivity contribution is 5.31. The fourth-order valence-electron chi connectivity index (χ4n) is 4.05. The molecule has 5 nitrogen and oxygen atoms in total. The Hall–Kier alpha value is -2.87. The molecular weight excluding hydrogens is 407 g/mol. The fraction of sp³-hybridized carbons (Fsp3) is 0.391. The van der Waals surface area contributed by atoms with Crippen LogP contribution in [0.25, 0.3) is 0 Å². The van der Waals surface area contributed by atoms with Gasteiger partial charge >= 0.3 is 6.18 Å². The maximum absolute atomic E-state index is 12.9. The molecule has 0 N–H and O–H groups in total. The van der Waals surface area contributed by atoms with E-state index in [1.807, 2.05) is 12.1 Å². The lowest BCUT2D eigenvalue weighted by molar-refractivity contribution is -0.137. The van der Waals surface area contributed by atoms with Crippen LogP contribution in [0, 0.1) is 0 Å². The number of hydrogen-bond acceptors (Lipinski definition) is 5. The number of piperidine rings is 1. The van der Waals surface area contributed by atoms with Crippen LogP contribution in [0.15, 0.2) is 53.1 Å². The average Bonchev–Trinajstić information content (AvgIpc) is 3.20. The van der Waals surface area contributed by atoms with Crippen LogP contribution in [0.2, 0.25) is 0 Å². The van der Waals surface area contributed by atoms with Crippen LogP contribution in [-0.2, 0) is 19.1 Å². The first-order valence-electron chi connectivity index (χ1n) is 10.3. The largest absolute Gasteiger partial charge is 0.497 e. The van der Waals surface area contributed by atoms with Crippen molar-refractivity contribution in [2.45, 2.75) is 44.4 Å². The van der Waals surface area contributed by atoms with Gasteiger partial charge in [-0.25, -0.2) is 0 Å². The van der Waals surface area contributed by atoms with Crippen LogP contribution in [-0.4, -0.2) is 28.7 Å². The van der Waals surface area contributed by atoms with Gasteiger partial charge in [0.25, 0.3) is 0 Å². The predicted octanol–water partition coefficient (Wildman–Crippen LogP) is 5.42. The van der Waals surface area contributed by atoms with Crippen LogP contribution >= 0.6 is 0 Å². The number of aromatic nitrogens is 2. The van der Waals surface area contributed by atoms with E-state index in [9.17, 15) is 13.2 Å². The molecule has 1 saturated heterocycles. The second-order valence-corrected chi connectivity index (χ2v) is 7.74. The Bertz CT molecular complexity index is 1020. The molecule has 1 aromatic heterocycles. The summed E-state index contributed by atoms with van der Waals surface area (Å²) in [7, 11) is 1.65. The summed E-state index contributed by atoms with van der Waals surface area (Å²) in [4.78, 5) is 6.73. The third kappa shape index (κ3) is 5.25. The van der Waals surface area contributed by atoms with E-state index < -0.39 is 11.7 Å². The lowest BCUT2D eigenvalue weighted by Gasteiger charge is -2.35. The number of likely N-dealkylation sites (tertiary alicyclic amines) is 1. The van der Waals surface area contributed by atoms with Gasteiger partial charge in [0.15, 0.2) is 5.82 Å². The fourth-order valence-corrected chi connectivity index (χ4v) is 4.05. The SMILES string of the molecule is COc1cccc(C2CCCCN2Cc2nc(Cc3cccc(C(F)(F)F)c3)no2)c1. The van der Waals surface area contributed by atoms with E-state index in [2.05, 4.69) is 27.2 Å². The molecule has 1 unspecified atom stereocenters. The number of benzene rings is 2. The zero-order valence-corrected chi connectivity index (χ0v) is 17.2. The van der Waals surface area contributed by atoms with Crippen LogP contribution in [0.3, 0.4) is 0 Å². The molecule has 1 fully saturated rings. The number of methoxy groups -OCH3 is 1. The number of alkyl halides is 3. The normalized spacial score (nSPS) is 17.6. The maximum atomic E-state index is 12.9. The van der Waals surface area contributed by atoms with Gasteiger partial charge in [-0.1, -0.05) is 41.9 Å². The lowest BCUT2D eigenvalue weighted by Crippen LogP contribution is -2.33. The first-order valence-corrected chi connectivity index (χ1v) is 10.3. The zero-order valence-electron chi connectivity index (χ0n) is 17.2. The summed E-state index contributed by atoms with van der Waals surface area (Å²) in [6.07, 6.45) is -0.929. The van der Waals surface area contributed by atoms with Crippen molar-refractivity contribution in [2.75, 3.05) is 13.7 Å². The summed E-state index contributed by atoms with van der Waals surface area (Å²) >= 11 is 0. The molecule has 0 aliphatic carbocycles. The smallest absolute Gasteiger partial charge is 0.416 e. The molecule has 164 valence electrons. The van der Waals surface area contributed by atoms with E-state index in [0.29, 0.717) is 23.8 Å². The lowest BCUT2D eigenvalue weighted by atomic mass is 9.95. The highest BCUT2D eigenvalue weighted by atomic mass is 19.4. The van der Waals surface area contributed by atoms with Crippen LogP contribution in [0.4, 0.5) is 13.2 Å². The standard InChI is InChI=1S/C23H24F3N3O2/c1-30-19-9-5-7-17(14-19)20-10-2-3-11-29(20)15-22-27-21(28-31-22)13-16-6-4-8-18(12-16)23(24,25)26/h4-9,12,14,20H,2-3,10-11,13,15H2,1H3. The summed E-state index contributed by atoms with van der Waals surface area (Å²) in [5.74, 6) is 1.67. The van der Waals surface area contributed by atoms with E-state index in [1.165, 1.54) is 11.6 Å². The Morgan fingerprint density at radius 2 is 1.97 bits per heavy atom. The molecule has 1 aliphatic rings. The average molecular weight is 431 g/mol. The Balaban J connectivity index is 1.46. The third-order valence-electron chi connectivity index (χ3n) is 5.56. The van der Waals surface area contributed by atoms with Crippen molar-refractivity contribution in [3.05, 3.63) is 76.9 Å². The minimum atomic E-state index is -4.37. The molecule has 1 atom stereocenters. The van der Waals surface area contributed by atoms with Crippen molar-refractivity contribution >= 4 is 0 Å². The number of halogens is 3. The molecule has 1 aliphatic heterocycles. The first-order chi connectivity index (χ1) is 14.9. The molecule has 4 rings (SSSR count). The van der Waals surface area contributed by atoms with Crippen LogP contribution in [0.5, 0.6) is 5.75 Å². The Kier molecular flexibility index (Phi) is 6.27. The van der Waals surface area contributed by atoms with Crippen molar-refractivity contribution in [3.8, 4) is 5.75 Å². The van der Waals surface area contributed by atoms with E-state index in [0.717, 1.165) is 43.7 Å². The summed E-state index contributed by atoms with van der Waals surface area (Å²) in [5.41, 5.74) is 1.00. The van der Waals surface area contributed by atoms with Crippen LogP contribution in [0.1, 0.15) is 53.7 Å². The molecule has 0 amide bonds. The first kappa shape index (κ1) is 21.4. The molecule has 0 bridgehead atoms. The number of hydrogen-bond donors (Lipinski definition) is 0. The van der Waals surface area contributed by atoms with Crippen molar-refractivity contribution in [1.29, 1.82) is 0 Å². The van der Waals surface area contributed by atoms with Gasteiger partial charge in [0.1, 0.15) is 5.75 Å². The molecule has 3 aromatic rings. The summed E-state index contributed by atoms with van der Waals surface area (Å²) in [6.45, 7) is 1.41. The summed E-state index contributed by atoms with van der Waals surface area (Å²) in [6, 6.07) is 13.5. The van der Waals surface area contributed by atoms with Crippen molar-refractivity contribution in [2.24, 2.45) is 0 Å². The van der Waals surface area contributed by atoms with Gasteiger partial charge in [-0.15, -0.1) is 0 Å². The Morgan fingerprint density at radius 3 is 2.77 bits per heavy atom. The van der Waals surface area contributed by atoms with Crippen molar-refractivity contribution in [3.63, 3.8) is 0 Å². The molecular formula is C23H24F3N3O2. The molecule has 0 radical (unpaired) electrons. The highest BCUT2D eigenvalue weighted by Gasteiger charge is 2.30. The number of ether oxygens (including phenoxy) is 1. The molecule has 2 aromatic carbocycles. The van der Waals surface area contributed by atoms with E-state index in [4.69, 9.17) is 9.26 Å². The highest BCUT2D eigenvalue weighted by Crippen LogP contribution is 2.33.